The van der Waals surface area contributed by atoms with E-state index in [1.807, 2.05) is 6.07 Å². The predicted molar refractivity (Wildman–Crippen MR) is 139 cm³/mol. The van der Waals surface area contributed by atoms with E-state index < -0.39 is 21.7 Å². The maximum atomic E-state index is 12.8. The van der Waals surface area contributed by atoms with Crippen molar-refractivity contribution in [3.05, 3.63) is 78.4 Å². The van der Waals surface area contributed by atoms with Gasteiger partial charge in [0.2, 0.25) is 0 Å². The molecule has 0 unspecified atom stereocenters. The van der Waals surface area contributed by atoms with E-state index in [0.717, 1.165) is 0 Å². The number of sulfone groups is 1. The highest BCUT2D eigenvalue weighted by Crippen LogP contribution is 2.30. The van der Waals surface area contributed by atoms with E-state index in [2.05, 4.69) is 10.6 Å². The normalized spacial score (nSPS) is 15.0. The van der Waals surface area contributed by atoms with Gasteiger partial charge in [-0.1, -0.05) is 42.5 Å². The Hall–Kier alpha value is -3.89. The number of carbonyl (C=O) groups is 1. The molecule has 1 amide bonds. The third-order valence-corrected chi connectivity index (χ3v) is 7.02. The van der Waals surface area contributed by atoms with Crippen LogP contribution in [0.1, 0.15) is 18.4 Å². The van der Waals surface area contributed by atoms with Gasteiger partial charge < -0.3 is 20.5 Å². The van der Waals surface area contributed by atoms with Gasteiger partial charge in [-0.2, -0.15) is 0 Å². The standard InChI is InChI=1S/C26H28N4O5S/c1-36(32,33)23-8-3-2-7-22(23)18-9-11-20(12-10-18)29-25(31)35-26(13-15-34-16-14-26)30-21-6-4-5-19(17-21)24(27)28/h2-12,17,30H,13-16H2,1H3,(H3,27,28)(H,29,31). The van der Waals surface area contributed by atoms with Crippen molar-refractivity contribution in [2.45, 2.75) is 23.5 Å². The molecular weight excluding hydrogens is 480 g/mol. The summed E-state index contributed by atoms with van der Waals surface area (Å²) in [7, 11) is -3.39. The zero-order valence-electron chi connectivity index (χ0n) is 19.8. The Balaban J connectivity index is 1.49. The Labute approximate surface area is 210 Å². The van der Waals surface area contributed by atoms with Gasteiger partial charge in [-0.3, -0.25) is 10.7 Å². The number of anilines is 2. The van der Waals surface area contributed by atoms with E-state index in [0.29, 0.717) is 54.1 Å². The summed E-state index contributed by atoms with van der Waals surface area (Å²) in [5.41, 5.74) is 7.64. The minimum atomic E-state index is -3.39. The fraction of sp³-hybridized carbons (Fsp3) is 0.231. The SMILES string of the molecule is CS(=O)(=O)c1ccccc1-c1ccc(NC(=O)OC2(Nc3cccc(C(=N)N)c3)CCOCC2)cc1. The lowest BCUT2D eigenvalue weighted by atomic mass is 10.0. The van der Waals surface area contributed by atoms with Crippen molar-refractivity contribution in [3.63, 3.8) is 0 Å². The number of rotatable bonds is 7. The molecule has 0 atom stereocenters. The van der Waals surface area contributed by atoms with Crippen LogP contribution in [0.15, 0.2) is 77.7 Å². The molecule has 9 nitrogen and oxygen atoms in total. The zero-order chi connectivity index (χ0) is 25.8. The summed E-state index contributed by atoms with van der Waals surface area (Å²) >= 11 is 0. The van der Waals surface area contributed by atoms with Gasteiger partial charge in [0.25, 0.3) is 0 Å². The molecule has 188 valence electrons. The van der Waals surface area contributed by atoms with Gasteiger partial charge in [0.1, 0.15) is 5.84 Å². The molecule has 36 heavy (non-hydrogen) atoms. The minimum Gasteiger partial charge on any atom is -0.423 e. The fourth-order valence-electron chi connectivity index (χ4n) is 4.06. The van der Waals surface area contributed by atoms with Crippen LogP contribution in [0.5, 0.6) is 0 Å². The Morgan fingerprint density at radius 1 is 1.00 bits per heavy atom. The van der Waals surface area contributed by atoms with E-state index in [1.165, 1.54) is 6.26 Å². The van der Waals surface area contributed by atoms with E-state index in [9.17, 15) is 13.2 Å². The quantitative estimate of drug-likeness (QED) is 0.213. The van der Waals surface area contributed by atoms with Crippen LogP contribution >= 0.6 is 0 Å². The van der Waals surface area contributed by atoms with Gasteiger partial charge in [-0.05, 0) is 35.9 Å². The second-order valence-electron chi connectivity index (χ2n) is 8.59. The van der Waals surface area contributed by atoms with E-state index in [1.54, 1.807) is 66.7 Å². The first-order valence-electron chi connectivity index (χ1n) is 11.4. The first-order chi connectivity index (χ1) is 17.2. The van der Waals surface area contributed by atoms with Crippen LogP contribution in [0.3, 0.4) is 0 Å². The number of amides is 1. The molecule has 0 spiro atoms. The number of hydrogen-bond acceptors (Lipinski definition) is 7. The summed E-state index contributed by atoms with van der Waals surface area (Å²) in [6.07, 6.45) is 1.41. The van der Waals surface area contributed by atoms with Gasteiger partial charge in [0.05, 0.1) is 18.1 Å². The van der Waals surface area contributed by atoms with E-state index >= 15 is 0 Å². The molecule has 1 saturated heterocycles. The molecule has 1 aliphatic rings. The highest BCUT2D eigenvalue weighted by Gasteiger charge is 2.37. The lowest BCUT2D eigenvalue weighted by Crippen LogP contribution is -2.48. The number of benzene rings is 3. The average Bonchev–Trinajstić information content (AvgIpc) is 2.84. The molecular formula is C26H28N4O5S. The molecule has 4 rings (SSSR count). The van der Waals surface area contributed by atoms with Crippen molar-refractivity contribution < 1.29 is 22.7 Å². The first-order valence-corrected chi connectivity index (χ1v) is 13.2. The molecule has 3 aromatic rings. The Kier molecular flexibility index (Phi) is 7.27. The predicted octanol–water partition coefficient (Wildman–Crippen LogP) is 4.21. The highest BCUT2D eigenvalue weighted by molar-refractivity contribution is 7.90. The van der Waals surface area contributed by atoms with Crippen LogP contribution in [-0.2, 0) is 19.3 Å². The molecule has 0 radical (unpaired) electrons. The van der Waals surface area contributed by atoms with Crippen LogP contribution < -0.4 is 16.4 Å². The van der Waals surface area contributed by atoms with Crippen molar-refractivity contribution in [1.82, 2.24) is 0 Å². The molecule has 3 aromatic carbocycles. The van der Waals surface area contributed by atoms with Crippen molar-refractivity contribution in [2.75, 3.05) is 30.1 Å². The van der Waals surface area contributed by atoms with Crippen molar-refractivity contribution in [1.29, 1.82) is 5.41 Å². The summed E-state index contributed by atoms with van der Waals surface area (Å²) in [5.74, 6) is -0.0547. The number of nitrogens with one attached hydrogen (secondary N) is 3. The fourth-order valence-corrected chi connectivity index (χ4v) is 4.97. The molecule has 0 aromatic heterocycles. The minimum absolute atomic E-state index is 0.0547. The lowest BCUT2D eigenvalue weighted by molar-refractivity contribution is -0.0495. The number of ether oxygens (including phenoxy) is 2. The maximum absolute atomic E-state index is 12.8. The average molecular weight is 509 g/mol. The second kappa shape index (κ2) is 10.4. The number of nitrogen functional groups attached to an aromatic ring is 1. The number of nitrogens with two attached hydrogens (primary N) is 1. The smallest absolute Gasteiger partial charge is 0.413 e. The first kappa shape index (κ1) is 25.2. The number of hydrogen-bond donors (Lipinski definition) is 4. The molecule has 5 N–H and O–H groups in total. The van der Waals surface area contributed by atoms with Gasteiger partial charge in [0, 0.05) is 41.6 Å². The van der Waals surface area contributed by atoms with Gasteiger partial charge >= 0.3 is 6.09 Å². The van der Waals surface area contributed by atoms with Crippen LogP contribution in [0.25, 0.3) is 11.1 Å². The number of carbonyl (C=O) groups excluding carboxylic acids is 1. The largest absolute Gasteiger partial charge is 0.423 e. The van der Waals surface area contributed by atoms with Gasteiger partial charge in [-0.25, -0.2) is 13.2 Å². The van der Waals surface area contributed by atoms with Crippen LogP contribution in [0.4, 0.5) is 16.2 Å². The molecule has 10 heteroatoms. The van der Waals surface area contributed by atoms with Gasteiger partial charge in [0.15, 0.2) is 15.6 Å². The van der Waals surface area contributed by atoms with E-state index in [4.69, 9.17) is 20.6 Å². The van der Waals surface area contributed by atoms with Crippen molar-refractivity contribution in [2.24, 2.45) is 5.73 Å². The molecule has 1 heterocycles. The Morgan fingerprint density at radius 2 is 1.69 bits per heavy atom. The Morgan fingerprint density at radius 3 is 2.36 bits per heavy atom. The van der Waals surface area contributed by atoms with Crippen LogP contribution in [0, 0.1) is 5.41 Å². The molecule has 1 fully saturated rings. The molecule has 0 bridgehead atoms. The highest BCUT2D eigenvalue weighted by atomic mass is 32.2. The second-order valence-corrected chi connectivity index (χ2v) is 10.6. The summed E-state index contributed by atoms with van der Waals surface area (Å²) in [6, 6.07) is 20.7. The van der Waals surface area contributed by atoms with Crippen LogP contribution in [-0.4, -0.2) is 45.5 Å². The summed E-state index contributed by atoms with van der Waals surface area (Å²) in [5, 5.41) is 13.7. The van der Waals surface area contributed by atoms with E-state index in [-0.39, 0.29) is 10.7 Å². The third kappa shape index (κ3) is 6.02. The third-order valence-electron chi connectivity index (χ3n) is 5.86. The summed E-state index contributed by atoms with van der Waals surface area (Å²) in [6.45, 7) is 0.836. The lowest BCUT2D eigenvalue weighted by Gasteiger charge is -2.38. The van der Waals surface area contributed by atoms with Gasteiger partial charge in [-0.15, -0.1) is 0 Å². The monoisotopic (exact) mass is 508 g/mol. The van der Waals surface area contributed by atoms with Crippen molar-refractivity contribution >= 4 is 33.1 Å². The summed E-state index contributed by atoms with van der Waals surface area (Å²) in [4.78, 5) is 13.1. The topological polar surface area (TPSA) is 144 Å². The zero-order valence-corrected chi connectivity index (χ0v) is 20.6. The molecule has 0 saturated carbocycles. The van der Waals surface area contributed by atoms with Crippen molar-refractivity contribution in [3.8, 4) is 11.1 Å². The maximum Gasteiger partial charge on any atom is 0.413 e. The molecule has 0 aliphatic carbocycles. The number of amidine groups is 1. The van der Waals surface area contributed by atoms with Crippen LogP contribution in [0.2, 0.25) is 0 Å². The molecule has 1 aliphatic heterocycles. The Bertz CT molecular complexity index is 1370. The summed E-state index contributed by atoms with van der Waals surface area (Å²) < 4.78 is 35.6.